The average Bonchev–Trinajstić information content (AvgIpc) is 2.58. The Morgan fingerprint density at radius 2 is 1.92 bits per heavy atom. The van der Waals surface area contributed by atoms with E-state index in [1.165, 1.54) is 0 Å². The number of nitrogens with two attached hydrogens (primary N) is 3. The summed E-state index contributed by atoms with van der Waals surface area (Å²) < 4.78 is 0. The Balaban J connectivity index is 2.81. The van der Waals surface area contributed by atoms with Crippen LogP contribution in [0.3, 0.4) is 0 Å². The molecule has 2 amide bonds. The van der Waals surface area contributed by atoms with Gasteiger partial charge in [0.2, 0.25) is 11.8 Å². The number of carbonyl (C=O) groups excluding carboxylic acids is 3. The molecular formula is C14H25N7O5. The minimum Gasteiger partial charge on any atom is -0.481 e. The van der Waals surface area contributed by atoms with Crippen molar-refractivity contribution in [2.45, 2.75) is 37.4 Å². The Morgan fingerprint density at radius 3 is 2.54 bits per heavy atom. The molecule has 0 aromatic heterocycles. The van der Waals surface area contributed by atoms with E-state index in [1.54, 1.807) is 0 Å². The number of hydrogen-bond acceptors (Lipinski definition) is 7. The molecule has 0 aromatic rings. The summed E-state index contributed by atoms with van der Waals surface area (Å²) in [5.41, 5.74) is 16.3. The van der Waals surface area contributed by atoms with E-state index in [1.807, 2.05) is 0 Å². The van der Waals surface area contributed by atoms with Gasteiger partial charge in [0.25, 0.3) is 0 Å². The molecule has 1 saturated heterocycles. The molecule has 146 valence electrons. The standard InChI is InChI=1S/C14H25N7O5/c15-7-5-19-9(4-11(23)24)13(26)20-6-10(22)21-8(12(7)25)2-1-3-18-14(16)17/h7-9,19H,1-6,15H2,(H,20,26)(H,21,22)(H,23,24)(H4,16,17,18)/t7?,8-,9-/m0/s1. The van der Waals surface area contributed by atoms with Crippen LogP contribution in [-0.4, -0.2) is 72.4 Å². The predicted molar refractivity (Wildman–Crippen MR) is 91.9 cm³/mol. The van der Waals surface area contributed by atoms with Gasteiger partial charge in [-0.15, -0.1) is 0 Å². The number of ketones is 1. The van der Waals surface area contributed by atoms with Gasteiger partial charge in [-0.1, -0.05) is 0 Å². The van der Waals surface area contributed by atoms with Crippen molar-refractivity contribution in [3.8, 4) is 0 Å². The summed E-state index contributed by atoms with van der Waals surface area (Å²) in [6, 6.07) is -2.98. The van der Waals surface area contributed by atoms with Gasteiger partial charge in [-0.25, -0.2) is 0 Å². The molecule has 12 nitrogen and oxygen atoms in total. The highest BCUT2D eigenvalue weighted by atomic mass is 16.4. The van der Waals surface area contributed by atoms with Gasteiger partial charge in [0, 0.05) is 13.1 Å². The highest BCUT2D eigenvalue weighted by Crippen LogP contribution is 2.04. The van der Waals surface area contributed by atoms with Crippen molar-refractivity contribution in [2.75, 3.05) is 19.6 Å². The predicted octanol–water partition coefficient (Wildman–Crippen LogP) is -4.02. The molecule has 3 atom stereocenters. The zero-order valence-electron chi connectivity index (χ0n) is 14.2. The summed E-state index contributed by atoms with van der Waals surface area (Å²) in [4.78, 5) is 51.1. The topological polar surface area (TPSA) is 215 Å². The summed E-state index contributed by atoms with van der Waals surface area (Å²) in [5, 5.41) is 16.4. The van der Waals surface area contributed by atoms with Gasteiger partial charge in [0.15, 0.2) is 11.7 Å². The smallest absolute Gasteiger partial charge is 0.305 e. The lowest BCUT2D eigenvalue weighted by Gasteiger charge is -2.21. The summed E-state index contributed by atoms with van der Waals surface area (Å²) in [5.74, 6) is -2.94. The molecule has 0 aromatic carbocycles. The number of guanidine groups is 1. The first kappa shape index (κ1) is 21.3. The van der Waals surface area contributed by atoms with Gasteiger partial charge in [-0.2, -0.15) is 0 Å². The molecule has 12 heteroatoms. The van der Waals surface area contributed by atoms with Crippen molar-refractivity contribution >= 4 is 29.5 Å². The Kier molecular flexibility index (Phi) is 8.45. The lowest BCUT2D eigenvalue weighted by Crippen LogP contribution is -2.53. The van der Waals surface area contributed by atoms with E-state index in [4.69, 9.17) is 22.3 Å². The minimum atomic E-state index is -1.20. The summed E-state index contributed by atoms with van der Waals surface area (Å²) in [7, 11) is 0. The molecule has 1 aliphatic heterocycles. The van der Waals surface area contributed by atoms with Crippen molar-refractivity contribution in [1.29, 1.82) is 0 Å². The largest absolute Gasteiger partial charge is 0.481 e. The normalized spacial score (nSPS) is 24.8. The van der Waals surface area contributed by atoms with E-state index in [9.17, 15) is 19.2 Å². The fourth-order valence-electron chi connectivity index (χ4n) is 2.39. The molecule has 26 heavy (non-hydrogen) atoms. The van der Waals surface area contributed by atoms with E-state index in [-0.39, 0.29) is 32.0 Å². The third kappa shape index (κ3) is 7.44. The van der Waals surface area contributed by atoms with Gasteiger partial charge >= 0.3 is 5.97 Å². The number of nitrogens with one attached hydrogen (secondary N) is 3. The highest BCUT2D eigenvalue weighted by molar-refractivity contribution is 5.95. The molecule has 0 saturated carbocycles. The SMILES string of the molecule is NC(N)=NCCC[C@@H]1NC(=O)CNC(=O)[C@H](CC(=O)O)NCC(N)C1=O. The van der Waals surface area contributed by atoms with Gasteiger partial charge in [0.05, 0.1) is 31.1 Å². The van der Waals surface area contributed by atoms with Crippen LogP contribution in [0, 0.1) is 0 Å². The molecule has 1 rings (SSSR count). The Bertz CT molecular complexity index is 576. The van der Waals surface area contributed by atoms with Crippen molar-refractivity contribution in [3.05, 3.63) is 0 Å². The lowest BCUT2D eigenvalue weighted by molar-refractivity contribution is -0.140. The Hall–Kier alpha value is -2.73. The van der Waals surface area contributed by atoms with Gasteiger partial charge in [-0.3, -0.25) is 24.2 Å². The third-order valence-corrected chi connectivity index (χ3v) is 3.69. The zero-order valence-corrected chi connectivity index (χ0v) is 14.2. The summed E-state index contributed by atoms with van der Waals surface area (Å²) >= 11 is 0. The van der Waals surface area contributed by atoms with Gasteiger partial charge in [-0.05, 0) is 12.8 Å². The van der Waals surface area contributed by atoms with Crippen LogP contribution in [0.25, 0.3) is 0 Å². The molecule has 0 radical (unpaired) electrons. The van der Waals surface area contributed by atoms with Crippen molar-refractivity contribution in [2.24, 2.45) is 22.2 Å². The maximum atomic E-state index is 12.5. The first-order valence-electron chi connectivity index (χ1n) is 8.07. The number of aliphatic imine (C=N–C) groups is 1. The zero-order chi connectivity index (χ0) is 19.7. The van der Waals surface area contributed by atoms with Gasteiger partial charge < -0.3 is 38.3 Å². The number of nitrogens with zero attached hydrogens (tertiary/aromatic N) is 1. The van der Waals surface area contributed by atoms with E-state index in [2.05, 4.69) is 20.9 Å². The fraction of sp³-hybridized carbons (Fsp3) is 0.643. The molecule has 10 N–H and O–H groups in total. The van der Waals surface area contributed by atoms with Gasteiger partial charge in [0.1, 0.15) is 0 Å². The quantitative estimate of drug-likeness (QED) is 0.137. The second-order valence-corrected chi connectivity index (χ2v) is 5.85. The first-order chi connectivity index (χ1) is 12.2. The van der Waals surface area contributed by atoms with Crippen LogP contribution in [0.4, 0.5) is 0 Å². The average molecular weight is 371 g/mol. The van der Waals surface area contributed by atoms with Crippen LogP contribution in [-0.2, 0) is 19.2 Å². The van der Waals surface area contributed by atoms with Crippen molar-refractivity contribution < 1.29 is 24.3 Å². The Morgan fingerprint density at radius 1 is 1.23 bits per heavy atom. The van der Waals surface area contributed by atoms with E-state index < -0.39 is 48.1 Å². The number of Topliss-reactive ketones (excluding diaryl/α,β-unsaturated/α-hetero) is 1. The molecule has 1 unspecified atom stereocenters. The highest BCUT2D eigenvalue weighted by Gasteiger charge is 2.29. The number of aliphatic carboxylic acids is 1. The third-order valence-electron chi connectivity index (χ3n) is 3.69. The molecule has 0 spiro atoms. The van der Waals surface area contributed by atoms with Crippen LogP contribution < -0.4 is 33.2 Å². The number of carboxylic acid groups (broad SMARTS) is 1. The van der Waals surface area contributed by atoms with Crippen LogP contribution in [0.2, 0.25) is 0 Å². The Labute approximate surface area is 149 Å². The molecule has 1 aliphatic rings. The van der Waals surface area contributed by atoms with E-state index in [0.29, 0.717) is 6.42 Å². The van der Waals surface area contributed by atoms with Crippen molar-refractivity contribution in [1.82, 2.24) is 16.0 Å². The van der Waals surface area contributed by atoms with Crippen LogP contribution in [0.1, 0.15) is 19.3 Å². The lowest BCUT2D eigenvalue weighted by atomic mass is 10.0. The molecular weight excluding hydrogens is 346 g/mol. The number of amides is 2. The molecule has 1 fully saturated rings. The first-order valence-corrected chi connectivity index (χ1v) is 8.07. The van der Waals surface area contributed by atoms with Crippen LogP contribution >= 0.6 is 0 Å². The molecule has 1 heterocycles. The van der Waals surface area contributed by atoms with Crippen LogP contribution in [0.15, 0.2) is 4.99 Å². The number of carbonyl (C=O) groups is 4. The van der Waals surface area contributed by atoms with Crippen LogP contribution in [0.5, 0.6) is 0 Å². The summed E-state index contributed by atoms with van der Waals surface area (Å²) in [6.07, 6.45) is 0.195. The maximum absolute atomic E-state index is 12.5. The maximum Gasteiger partial charge on any atom is 0.305 e. The monoisotopic (exact) mass is 371 g/mol. The minimum absolute atomic E-state index is 0.0733. The molecule has 0 aliphatic carbocycles. The number of carboxylic acids is 1. The molecule has 0 bridgehead atoms. The van der Waals surface area contributed by atoms with E-state index >= 15 is 0 Å². The fourth-order valence-corrected chi connectivity index (χ4v) is 2.39. The van der Waals surface area contributed by atoms with Crippen molar-refractivity contribution in [3.63, 3.8) is 0 Å². The van der Waals surface area contributed by atoms with E-state index in [0.717, 1.165) is 0 Å². The second kappa shape index (κ2) is 10.3. The summed E-state index contributed by atoms with van der Waals surface area (Å²) in [6.45, 7) is -0.207. The number of hydrogen-bond donors (Lipinski definition) is 7. The second-order valence-electron chi connectivity index (χ2n) is 5.85. The number of rotatable bonds is 6.